The molecule has 0 spiro atoms. The number of aryl methyl sites for hydroxylation is 1. The molecule has 4 rings (SSSR count). The van der Waals surface area contributed by atoms with E-state index in [1.807, 2.05) is 18.2 Å². The molecule has 30 heavy (non-hydrogen) atoms. The van der Waals surface area contributed by atoms with Gasteiger partial charge >= 0.3 is 0 Å². The van der Waals surface area contributed by atoms with Crippen molar-refractivity contribution in [3.8, 4) is 28.7 Å². The summed E-state index contributed by atoms with van der Waals surface area (Å²) in [6.07, 6.45) is 0. The highest BCUT2D eigenvalue weighted by molar-refractivity contribution is 6.05. The molecule has 0 radical (unpaired) electrons. The van der Waals surface area contributed by atoms with E-state index in [9.17, 15) is 9.90 Å². The first kappa shape index (κ1) is 19.3. The number of hydrogen-bond donors (Lipinski definition) is 2. The molecule has 0 atom stereocenters. The number of para-hydroxylation sites is 2. The van der Waals surface area contributed by atoms with Crippen LogP contribution in [0.25, 0.3) is 22.6 Å². The van der Waals surface area contributed by atoms with Gasteiger partial charge in [-0.3, -0.25) is 4.79 Å². The standard InChI is InChI=1S/C23H20N2O5/c1-13-8-15(24-22(27)14-9-16(28-2)12-17(10-14)29-3)11-18(21(13)26)23-25-19-6-4-5-7-20(19)30-23/h4-12,26H,1-3H3,(H,24,27). The molecular formula is C23H20N2O5. The van der Waals surface area contributed by atoms with Gasteiger partial charge in [0.2, 0.25) is 5.89 Å². The van der Waals surface area contributed by atoms with Gasteiger partial charge in [0.05, 0.1) is 19.8 Å². The summed E-state index contributed by atoms with van der Waals surface area (Å²) in [5.41, 5.74) is 3.14. The first-order valence-electron chi connectivity index (χ1n) is 9.22. The Kier molecular flexibility index (Phi) is 5.02. The molecule has 1 heterocycles. The first-order chi connectivity index (χ1) is 14.5. The number of methoxy groups -OCH3 is 2. The number of oxazole rings is 1. The molecular weight excluding hydrogens is 384 g/mol. The molecule has 152 valence electrons. The number of amides is 1. The van der Waals surface area contributed by atoms with E-state index < -0.39 is 0 Å². The zero-order valence-corrected chi connectivity index (χ0v) is 16.7. The van der Waals surface area contributed by atoms with Gasteiger partial charge in [-0.25, -0.2) is 4.98 Å². The highest BCUT2D eigenvalue weighted by Gasteiger charge is 2.17. The Morgan fingerprint density at radius 3 is 2.40 bits per heavy atom. The van der Waals surface area contributed by atoms with Crippen LogP contribution in [-0.4, -0.2) is 30.2 Å². The zero-order valence-electron chi connectivity index (χ0n) is 16.7. The predicted molar refractivity (Wildman–Crippen MR) is 113 cm³/mol. The molecule has 0 fully saturated rings. The average molecular weight is 404 g/mol. The Morgan fingerprint density at radius 2 is 1.73 bits per heavy atom. The number of ether oxygens (including phenoxy) is 2. The lowest BCUT2D eigenvalue weighted by molar-refractivity contribution is 0.102. The Hall–Kier alpha value is -4.00. The second-order valence-electron chi connectivity index (χ2n) is 6.73. The van der Waals surface area contributed by atoms with Crippen LogP contribution in [0.15, 0.2) is 59.0 Å². The summed E-state index contributed by atoms with van der Waals surface area (Å²) in [6, 6.07) is 15.6. The molecule has 0 aliphatic carbocycles. The molecule has 2 N–H and O–H groups in total. The summed E-state index contributed by atoms with van der Waals surface area (Å²) in [7, 11) is 3.04. The highest BCUT2D eigenvalue weighted by atomic mass is 16.5. The number of nitrogens with one attached hydrogen (secondary N) is 1. The monoisotopic (exact) mass is 404 g/mol. The van der Waals surface area contributed by atoms with E-state index in [0.29, 0.717) is 45.0 Å². The number of benzene rings is 3. The molecule has 1 aromatic heterocycles. The number of aromatic nitrogens is 1. The Labute approximate surface area is 172 Å². The van der Waals surface area contributed by atoms with Crippen molar-refractivity contribution in [1.82, 2.24) is 4.98 Å². The van der Waals surface area contributed by atoms with E-state index in [0.717, 1.165) is 0 Å². The van der Waals surface area contributed by atoms with Crippen LogP contribution >= 0.6 is 0 Å². The number of anilines is 1. The lowest BCUT2D eigenvalue weighted by Gasteiger charge is -2.12. The van der Waals surface area contributed by atoms with E-state index in [2.05, 4.69) is 10.3 Å². The van der Waals surface area contributed by atoms with E-state index in [1.54, 1.807) is 43.3 Å². The van der Waals surface area contributed by atoms with Crippen LogP contribution in [0.2, 0.25) is 0 Å². The van der Waals surface area contributed by atoms with E-state index in [-0.39, 0.29) is 17.5 Å². The van der Waals surface area contributed by atoms with Crippen molar-refractivity contribution in [1.29, 1.82) is 0 Å². The van der Waals surface area contributed by atoms with Crippen LogP contribution in [0, 0.1) is 6.92 Å². The number of nitrogens with zero attached hydrogens (tertiary/aromatic N) is 1. The molecule has 7 heteroatoms. The van der Waals surface area contributed by atoms with Gasteiger partial charge in [-0.05, 0) is 48.9 Å². The third-order valence-electron chi connectivity index (χ3n) is 4.70. The first-order valence-corrected chi connectivity index (χ1v) is 9.22. The number of carbonyl (C=O) groups excluding carboxylic acids is 1. The van der Waals surface area contributed by atoms with Gasteiger partial charge in [0.15, 0.2) is 5.58 Å². The second kappa shape index (κ2) is 7.79. The van der Waals surface area contributed by atoms with Crippen molar-refractivity contribution in [3.63, 3.8) is 0 Å². The fourth-order valence-corrected chi connectivity index (χ4v) is 3.14. The molecule has 0 unspecified atom stereocenters. The molecule has 3 aromatic carbocycles. The summed E-state index contributed by atoms with van der Waals surface area (Å²) in [6.45, 7) is 1.74. The topological polar surface area (TPSA) is 93.8 Å². The molecule has 0 saturated carbocycles. The summed E-state index contributed by atoms with van der Waals surface area (Å²) >= 11 is 0. The second-order valence-corrected chi connectivity index (χ2v) is 6.73. The maximum atomic E-state index is 12.8. The van der Waals surface area contributed by atoms with Gasteiger partial charge in [-0.1, -0.05) is 12.1 Å². The van der Waals surface area contributed by atoms with Gasteiger partial charge in [0.25, 0.3) is 5.91 Å². The lowest BCUT2D eigenvalue weighted by Crippen LogP contribution is -2.12. The summed E-state index contributed by atoms with van der Waals surface area (Å²) in [4.78, 5) is 17.2. The summed E-state index contributed by atoms with van der Waals surface area (Å²) in [5.74, 6) is 0.987. The van der Waals surface area contributed by atoms with Crippen LogP contribution in [0.1, 0.15) is 15.9 Å². The summed E-state index contributed by atoms with van der Waals surface area (Å²) in [5, 5.41) is 13.4. The molecule has 0 saturated heterocycles. The molecule has 0 aliphatic heterocycles. The van der Waals surface area contributed by atoms with E-state index in [1.165, 1.54) is 14.2 Å². The molecule has 7 nitrogen and oxygen atoms in total. The van der Waals surface area contributed by atoms with Crippen LogP contribution in [0.3, 0.4) is 0 Å². The lowest BCUT2D eigenvalue weighted by atomic mass is 10.1. The number of hydrogen-bond acceptors (Lipinski definition) is 6. The maximum absolute atomic E-state index is 12.8. The maximum Gasteiger partial charge on any atom is 0.255 e. The van der Waals surface area contributed by atoms with Crippen LogP contribution < -0.4 is 14.8 Å². The van der Waals surface area contributed by atoms with Crippen molar-refractivity contribution in [3.05, 3.63) is 65.7 Å². The number of carbonyl (C=O) groups is 1. The van der Waals surface area contributed by atoms with Gasteiger partial charge in [0, 0.05) is 17.3 Å². The molecule has 0 aliphatic rings. The number of rotatable bonds is 5. The summed E-state index contributed by atoms with van der Waals surface area (Å²) < 4.78 is 16.2. The minimum absolute atomic E-state index is 0.0441. The van der Waals surface area contributed by atoms with Gasteiger partial charge in [-0.15, -0.1) is 0 Å². The molecule has 1 amide bonds. The van der Waals surface area contributed by atoms with Crippen LogP contribution in [0.5, 0.6) is 17.2 Å². The zero-order chi connectivity index (χ0) is 21.3. The molecule has 0 bridgehead atoms. The smallest absolute Gasteiger partial charge is 0.255 e. The van der Waals surface area contributed by atoms with Crippen LogP contribution in [0.4, 0.5) is 5.69 Å². The van der Waals surface area contributed by atoms with E-state index >= 15 is 0 Å². The molecule has 4 aromatic rings. The Morgan fingerprint density at radius 1 is 1.03 bits per heavy atom. The van der Waals surface area contributed by atoms with E-state index in [4.69, 9.17) is 13.9 Å². The Bertz CT molecular complexity index is 1190. The number of aromatic hydroxyl groups is 1. The third-order valence-corrected chi connectivity index (χ3v) is 4.70. The number of fused-ring (bicyclic) bond motifs is 1. The number of phenols is 1. The van der Waals surface area contributed by atoms with Crippen molar-refractivity contribution in [2.75, 3.05) is 19.5 Å². The fourth-order valence-electron chi connectivity index (χ4n) is 3.14. The number of phenolic OH excluding ortho intramolecular Hbond substituents is 1. The van der Waals surface area contributed by atoms with Gasteiger partial charge in [-0.2, -0.15) is 0 Å². The SMILES string of the molecule is COc1cc(OC)cc(C(=O)Nc2cc(C)c(O)c(-c3nc4ccccc4o3)c2)c1. The average Bonchev–Trinajstić information content (AvgIpc) is 3.19. The minimum atomic E-state index is -0.346. The van der Waals surface area contributed by atoms with Crippen molar-refractivity contribution >= 4 is 22.7 Å². The normalized spacial score (nSPS) is 10.8. The van der Waals surface area contributed by atoms with Crippen LogP contribution in [-0.2, 0) is 0 Å². The highest BCUT2D eigenvalue weighted by Crippen LogP contribution is 2.36. The van der Waals surface area contributed by atoms with Crippen molar-refractivity contribution < 1.29 is 23.8 Å². The van der Waals surface area contributed by atoms with Gasteiger partial charge < -0.3 is 24.3 Å². The quantitative estimate of drug-likeness (QED) is 0.465. The van der Waals surface area contributed by atoms with Crippen molar-refractivity contribution in [2.45, 2.75) is 6.92 Å². The van der Waals surface area contributed by atoms with Gasteiger partial charge in [0.1, 0.15) is 22.8 Å². The predicted octanol–water partition coefficient (Wildman–Crippen LogP) is 4.78. The largest absolute Gasteiger partial charge is 0.507 e. The fraction of sp³-hybridized carbons (Fsp3) is 0.130. The third kappa shape index (κ3) is 3.65. The minimum Gasteiger partial charge on any atom is -0.507 e. The Balaban J connectivity index is 1.69. The van der Waals surface area contributed by atoms with Crippen molar-refractivity contribution in [2.24, 2.45) is 0 Å².